The number of ether oxygens (including phenoxy) is 2. The summed E-state index contributed by atoms with van der Waals surface area (Å²) in [6, 6.07) is 11.7. The van der Waals surface area contributed by atoms with Gasteiger partial charge in [-0.05, 0) is 38.0 Å². The van der Waals surface area contributed by atoms with Crippen LogP contribution in [0.5, 0.6) is 0 Å². The van der Waals surface area contributed by atoms with E-state index in [4.69, 9.17) is 18.5 Å². The molecule has 0 radical (unpaired) electrons. The number of benzene rings is 2. The number of aromatic nitrogens is 2. The zero-order valence-corrected chi connectivity index (χ0v) is 30.1. The van der Waals surface area contributed by atoms with Crippen LogP contribution in [0.15, 0.2) is 45.4 Å². The Balaban J connectivity index is 0.000000196. The second-order valence-electron chi connectivity index (χ2n) is 8.12. The molecule has 1 aliphatic carbocycles. The number of carbonyl (C=O) groups excluding carboxylic acids is 2. The molecule has 190 valence electrons. The van der Waals surface area contributed by atoms with Gasteiger partial charge in [0.1, 0.15) is 0 Å². The Morgan fingerprint density at radius 2 is 1.36 bits per heavy atom. The molecule has 2 aliphatic rings. The molecule has 1 saturated carbocycles. The zero-order valence-electron chi connectivity index (χ0n) is 19.1. The quantitative estimate of drug-likeness (QED) is 0.207. The molecule has 12 heteroatoms. The summed E-state index contributed by atoms with van der Waals surface area (Å²) in [4.78, 5) is 24.6. The van der Waals surface area contributed by atoms with E-state index in [0.717, 1.165) is 44.2 Å². The second-order valence-corrected chi connectivity index (χ2v) is 12.7. The van der Waals surface area contributed by atoms with Gasteiger partial charge >= 0.3 is 131 Å². The van der Waals surface area contributed by atoms with Crippen molar-refractivity contribution >= 4 is 61.4 Å². The number of hydrogen-bond donors (Lipinski definition) is 0. The summed E-state index contributed by atoms with van der Waals surface area (Å²) >= 11 is 4.25. The van der Waals surface area contributed by atoms with Gasteiger partial charge in [0.25, 0.3) is 5.79 Å². The van der Waals surface area contributed by atoms with Crippen molar-refractivity contribution in [1.82, 2.24) is 10.3 Å². The molecular weight excluding hydrogens is 1170 g/mol. The van der Waals surface area contributed by atoms with Crippen LogP contribution in [0, 0.1) is 82.0 Å². The average molecular weight is 1190 g/mol. The first-order chi connectivity index (χ1) is 17.3. The molecule has 0 bridgehead atoms. The Morgan fingerprint density at radius 1 is 0.833 bits per heavy atom. The van der Waals surface area contributed by atoms with E-state index >= 15 is 0 Å². The number of halogens is 1. The van der Waals surface area contributed by atoms with E-state index in [1.807, 2.05) is 44.2 Å². The molecule has 3 heterocycles. The Kier molecular flexibility index (Phi) is 10.0. The first kappa shape index (κ1) is 28.6. The van der Waals surface area contributed by atoms with Crippen LogP contribution in [0.25, 0.3) is 21.9 Å². The van der Waals surface area contributed by atoms with Gasteiger partial charge in [0, 0.05) is 21.8 Å². The molecule has 8 nitrogen and oxygen atoms in total. The van der Waals surface area contributed by atoms with Gasteiger partial charge in [-0.15, -0.1) is 0 Å². The number of fused-ring (bicyclic) bond motifs is 2. The number of hydrogen-bond acceptors (Lipinski definition) is 8. The molecular formula is C24H20At3IN2O6. The third-order valence-corrected chi connectivity index (χ3v) is 9.34. The van der Waals surface area contributed by atoms with Gasteiger partial charge in [0.2, 0.25) is 0 Å². The van der Waals surface area contributed by atoms with Crippen molar-refractivity contribution in [1.29, 1.82) is 0 Å². The maximum atomic E-state index is 12.3. The molecule has 4 aromatic rings. The van der Waals surface area contributed by atoms with Crippen molar-refractivity contribution < 1.29 is 92.7 Å². The Morgan fingerprint density at radius 3 is 1.94 bits per heavy atom. The summed E-state index contributed by atoms with van der Waals surface area (Å²) in [6.07, 6.45) is 3.02. The van der Waals surface area contributed by atoms with Gasteiger partial charge in [0.05, 0.1) is 5.69 Å². The van der Waals surface area contributed by atoms with E-state index < -0.39 is 38.5 Å². The summed E-state index contributed by atoms with van der Waals surface area (Å²) < 4.78 is 23.5. The minimum atomic E-state index is -1.00. The minimum absolute atomic E-state index is 0.148. The number of esters is 2. The van der Waals surface area contributed by atoms with E-state index in [0.29, 0.717) is 18.4 Å². The zero-order chi connectivity index (χ0) is 25.9. The van der Waals surface area contributed by atoms with Gasteiger partial charge < -0.3 is 14.0 Å². The van der Waals surface area contributed by atoms with Crippen molar-refractivity contribution in [3.05, 3.63) is 51.4 Å². The van der Waals surface area contributed by atoms with Crippen LogP contribution in [-0.4, -0.2) is 31.5 Å². The van der Waals surface area contributed by atoms with Crippen LogP contribution in [-0.2, 0) is 19.1 Å². The van der Waals surface area contributed by atoms with Crippen molar-refractivity contribution in [2.75, 3.05) is 0 Å². The average Bonchev–Trinajstić information content (AvgIpc) is 3.58. The van der Waals surface area contributed by atoms with Crippen LogP contribution in [0.3, 0.4) is 0 Å². The van der Waals surface area contributed by atoms with Crippen molar-refractivity contribution in [3.8, 4) is 0 Å². The fraction of sp³-hybridized carbons (Fsp3) is 0.292. The molecule has 0 atom stereocenters. The normalized spacial score (nSPS) is 16.3. The van der Waals surface area contributed by atoms with Gasteiger partial charge in [-0.1, -0.05) is 25.9 Å². The molecule has 36 heavy (non-hydrogen) atoms. The molecule has 6 rings (SSSR count). The van der Waals surface area contributed by atoms with Crippen LogP contribution in [0.2, 0.25) is 0 Å². The van der Waals surface area contributed by atoms with E-state index in [1.54, 1.807) is 64.6 Å². The molecule has 2 aromatic carbocycles. The summed E-state index contributed by atoms with van der Waals surface area (Å²) in [5.41, 5.74) is 3.33. The Labute approximate surface area is 257 Å². The molecule has 0 amide bonds. The van der Waals surface area contributed by atoms with Crippen LogP contribution in [0.4, 0.5) is 0 Å². The first-order valence-corrected chi connectivity index (χ1v) is 25.3. The maximum absolute atomic E-state index is 12.3. The van der Waals surface area contributed by atoms with Crippen molar-refractivity contribution in [2.45, 2.75) is 45.3 Å². The summed E-state index contributed by atoms with van der Waals surface area (Å²) in [5, 5.41) is 9.80. The van der Waals surface area contributed by atoms with E-state index in [2.05, 4.69) is 16.4 Å². The fourth-order valence-electron chi connectivity index (χ4n) is 3.96. The third kappa shape index (κ3) is 6.40. The van der Waals surface area contributed by atoms with Crippen molar-refractivity contribution in [2.24, 2.45) is 0 Å². The van der Waals surface area contributed by atoms with E-state index in [9.17, 15) is 9.59 Å². The Hall–Kier alpha value is -0.431. The summed E-state index contributed by atoms with van der Waals surface area (Å²) in [5.74, 6) is -2.03. The van der Waals surface area contributed by atoms with E-state index in [-0.39, 0.29) is 3.51 Å². The second kappa shape index (κ2) is 12.6. The number of rotatable bonds is 1. The van der Waals surface area contributed by atoms with Gasteiger partial charge in [0.15, 0.2) is 9.09 Å². The summed E-state index contributed by atoms with van der Waals surface area (Å²) in [7, 11) is 0. The number of carbonyl (C=O) groups is 2. The van der Waals surface area contributed by atoms with Crippen LogP contribution in [0.1, 0.15) is 37.1 Å². The predicted octanol–water partition coefficient (Wildman–Crippen LogP) is 4.13. The first-order valence-electron chi connectivity index (χ1n) is 10.8. The van der Waals surface area contributed by atoms with Gasteiger partial charge in [-0.25, -0.2) is 9.59 Å². The molecule has 0 N–H and O–H groups in total. The predicted molar refractivity (Wildman–Crippen MR) is 128 cm³/mol. The molecule has 2 fully saturated rings. The molecule has 2 aromatic heterocycles. The van der Waals surface area contributed by atoms with E-state index in [1.165, 1.54) is 3.27 Å². The summed E-state index contributed by atoms with van der Waals surface area (Å²) in [6.45, 7) is 3.81. The Bertz CT molecular complexity index is 1440. The number of aryl methyl sites for hydroxylation is 2. The third-order valence-electron chi connectivity index (χ3n) is 5.71. The molecule has 0 unspecified atom stereocenters. The SMILES string of the molecule is Cc1noc2ccc(I=C3C(=O)OC4(CCCC4)OC3=O)cc12.Cc1noc2ccc([211At])cc12.[At][211At]. The monoisotopic (exact) mass is 1190 g/mol. The number of nitrogens with zero attached hydrogens (tertiary/aromatic N) is 2. The van der Waals surface area contributed by atoms with Crippen LogP contribution >= 0.6 is 20.7 Å². The van der Waals surface area contributed by atoms with Crippen molar-refractivity contribution in [3.63, 3.8) is 0 Å². The van der Waals surface area contributed by atoms with Gasteiger partial charge in [-0.2, -0.15) is 0 Å². The van der Waals surface area contributed by atoms with Gasteiger partial charge in [-0.3, -0.25) is 0 Å². The standard InChI is InChI=1S/C16H14INO5.C8H6AtNO.At2/c1-9-11-8-10(4-5-12(11)23-18-9)17-13-14(19)21-16(22-15(13)20)6-2-3-7-16;1-5-7-4-6(9)2-3-8(7)11-10-5;1-2/h4-5,8H,2-3,6-7H2,1H3;2-4H,1H3;/i;9+1;1+1. The fourth-order valence-corrected chi connectivity index (χ4v) is 6.74. The molecule has 1 spiro atoms. The topological polar surface area (TPSA) is 105 Å². The molecule has 1 saturated heterocycles. The molecule has 1 aliphatic heterocycles. The van der Waals surface area contributed by atoms with Crippen LogP contribution < -0.4 is 3.27 Å².